The smallest absolute Gasteiger partial charge is 0.387 e. The summed E-state index contributed by atoms with van der Waals surface area (Å²) in [5, 5.41) is 14.8. The number of alkyl halides is 2. The summed E-state index contributed by atoms with van der Waals surface area (Å²) in [6, 6.07) is 5.04. The first kappa shape index (κ1) is 16.7. The van der Waals surface area contributed by atoms with Gasteiger partial charge < -0.3 is 15.2 Å². The molecule has 7 nitrogen and oxygen atoms in total. The summed E-state index contributed by atoms with van der Waals surface area (Å²) in [6.45, 7) is -3.23. The minimum absolute atomic E-state index is 0.0876. The Morgan fingerprint density at radius 3 is 2.70 bits per heavy atom. The van der Waals surface area contributed by atoms with Crippen LogP contribution in [0.3, 0.4) is 0 Å². The molecule has 122 valence electrons. The lowest BCUT2D eigenvalue weighted by molar-refractivity contribution is -0.116. The molecule has 1 aromatic carbocycles. The minimum Gasteiger partial charge on any atom is -0.476 e. The number of ether oxygens (including phenoxy) is 1. The molecule has 0 fully saturated rings. The summed E-state index contributed by atoms with van der Waals surface area (Å²) in [7, 11) is 0. The monoisotopic (exact) mass is 345 g/mol. The first-order chi connectivity index (χ1) is 10.8. The fraction of sp³-hybridized carbons (Fsp3) is 0.154. The molecule has 0 spiro atoms. The highest BCUT2D eigenvalue weighted by Crippen LogP contribution is 2.28. The van der Waals surface area contributed by atoms with Gasteiger partial charge in [0.1, 0.15) is 12.3 Å². The van der Waals surface area contributed by atoms with Crippen LogP contribution in [0.4, 0.5) is 14.5 Å². The van der Waals surface area contributed by atoms with Crippen molar-refractivity contribution in [2.45, 2.75) is 13.2 Å². The fourth-order valence-corrected chi connectivity index (χ4v) is 1.91. The van der Waals surface area contributed by atoms with Crippen LogP contribution in [-0.4, -0.2) is 33.4 Å². The molecule has 2 N–H and O–H groups in total. The van der Waals surface area contributed by atoms with Gasteiger partial charge in [0.25, 0.3) is 0 Å². The highest BCUT2D eigenvalue weighted by atomic mass is 35.5. The number of aromatic nitrogens is 2. The first-order valence-corrected chi connectivity index (χ1v) is 6.54. The molecule has 0 aliphatic carbocycles. The average Bonchev–Trinajstić information content (AvgIpc) is 2.90. The lowest BCUT2D eigenvalue weighted by atomic mass is 10.3. The number of nitrogens with zero attached hydrogens (tertiary/aromatic N) is 2. The van der Waals surface area contributed by atoms with E-state index in [1.165, 1.54) is 30.5 Å². The molecular formula is C13H10ClF2N3O4. The zero-order chi connectivity index (χ0) is 17.0. The molecule has 0 unspecified atom stereocenters. The van der Waals surface area contributed by atoms with Crippen LogP contribution in [0.25, 0.3) is 0 Å². The van der Waals surface area contributed by atoms with E-state index in [4.69, 9.17) is 16.7 Å². The van der Waals surface area contributed by atoms with Crippen molar-refractivity contribution >= 4 is 29.2 Å². The van der Waals surface area contributed by atoms with E-state index in [2.05, 4.69) is 15.2 Å². The third-order valence-corrected chi connectivity index (χ3v) is 2.89. The number of halogens is 3. The highest BCUT2D eigenvalue weighted by molar-refractivity contribution is 6.32. The van der Waals surface area contributed by atoms with Crippen molar-refractivity contribution in [1.29, 1.82) is 0 Å². The van der Waals surface area contributed by atoms with Gasteiger partial charge in [-0.2, -0.15) is 13.9 Å². The van der Waals surface area contributed by atoms with Crippen LogP contribution in [0.1, 0.15) is 10.5 Å². The van der Waals surface area contributed by atoms with Gasteiger partial charge in [0, 0.05) is 11.9 Å². The SMILES string of the molecule is O=C(Cn1ccc(C(=O)O)n1)Nc1ccc(OC(F)F)c(Cl)c1. The number of hydrogen-bond donors (Lipinski definition) is 2. The van der Waals surface area contributed by atoms with E-state index in [0.29, 0.717) is 0 Å². The van der Waals surface area contributed by atoms with Crippen LogP contribution in [-0.2, 0) is 11.3 Å². The number of carboxylic acid groups (broad SMARTS) is 1. The second kappa shape index (κ2) is 7.05. The van der Waals surface area contributed by atoms with Gasteiger partial charge in [0.05, 0.1) is 5.02 Å². The lowest BCUT2D eigenvalue weighted by Gasteiger charge is -2.09. The van der Waals surface area contributed by atoms with Crippen molar-refractivity contribution in [3.63, 3.8) is 0 Å². The van der Waals surface area contributed by atoms with Gasteiger partial charge in [0.15, 0.2) is 5.69 Å². The molecule has 1 amide bonds. The van der Waals surface area contributed by atoms with E-state index >= 15 is 0 Å². The van der Waals surface area contributed by atoms with E-state index in [-0.39, 0.29) is 28.7 Å². The van der Waals surface area contributed by atoms with Gasteiger partial charge >= 0.3 is 12.6 Å². The van der Waals surface area contributed by atoms with E-state index < -0.39 is 18.5 Å². The van der Waals surface area contributed by atoms with Gasteiger partial charge in [-0.25, -0.2) is 4.79 Å². The number of benzene rings is 1. The summed E-state index contributed by atoms with van der Waals surface area (Å²) in [4.78, 5) is 22.5. The second-order valence-corrected chi connectivity index (χ2v) is 4.68. The maximum atomic E-state index is 12.1. The third kappa shape index (κ3) is 4.65. The first-order valence-electron chi connectivity index (χ1n) is 6.16. The van der Waals surface area contributed by atoms with Crippen molar-refractivity contribution in [2.75, 3.05) is 5.32 Å². The Hall–Kier alpha value is -2.68. The van der Waals surface area contributed by atoms with E-state index in [9.17, 15) is 18.4 Å². The van der Waals surface area contributed by atoms with Crippen molar-refractivity contribution in [2.24, 2.45) is 0 Å². The normalized spacial score (nSPS) is 10.6. The van der Waals surface area contributed by atoms with Gasteiger partial charge in [0.2, 0.25) is 5.91 Å². The maximum absolute atomic E-state index is 12.1. The fourth-order valence-electron chi connectivity index (χ4n) is 1.68. The highest BCUT2D eigenvalue weighted by Gasteiger charge is 2.12. The van der Waals surface area contributed by atoms with Crippen LogP contribution >= 0.6 is 11.6 Å². The van der Waals surface area contributed by atoms with Gasteiger partial charge in [-0.1, -0.05) is 11.6 Å². The van der Waals surface area contributed by atoms with Crippen molar-refractivity contribution in [3.05, 3.63) is 41.2 Å². The number of carbonyl (C=O) groups excluding carboxylic acids is 1. The molecule has 23 heavy (non-hydrogen) atoms. The number of aromatic carboxylic acids is 1. The maximum Gasteiger partial charge on any atom is 0.387 e. The average molecular weight is 346 g/mol. The summed E-state index contributed by atoms with van der Waals surface area (Å²) in [6.07, 6.45) is 1.34. The largest absolute Gasteiger partial charge is 0.476 e. The number of amides is 1. The summed E-state index contributed by atoms with van der Waals surface area (Å²) < 4.78 is 29.5. The quantitative estimate of drug-likeness (QED) is 0.839. The summed E-state index contributed by atoms with van der Waals surface area (Å²) in [5.41, 5.74) is 0.0848. The number of carbonyl (C=O) groups is 2. The van der Waals surface area contributed by atoms with Crippen LogP contribution in [0, 0.1) is 0 Å². The number of rotatable bonds is 6. The molecule has 2 rings (SSSR count). The molecule has 1 aromatic heterocycles. The predicted octanol–water partition coefficient (Wildman–Crippen LogP) is 2.47. The topological polar surface area (TPSA) is 93.5 Å². The molecule has 0 saturated heterocycles. The van der Waals surface area contributed by atoms with Crippen molar-refractivity contribution in [3.8, 4) is 5.75 Å². The van der Waals surface area contributed by atoms with Crippen LogP contribution in [0.5, 0.6) is 5.75 Å². The number of hydrogen-bond acceptors (Lipinski definition) is 4. The zero-order valence-corrected chi connectivity index (χ0v) is 12.1. The Labute approximate surface area is 133 Å². The molecule has 1 heterocycles. The Morgan fingerprint density at radius 2 is 2.13 bits per heavy atom. The molecule has 0 radical (unpaired) electrons. The van der Waals surface area contributed by atoms with E-state index in [1.54, 1.807) is 0 Å². The molecule has 0 bridgehead atoms. The molecule has 0 aliphatic heterocycles. The second-order valence-electron chi connectivity index (χ2n) is 4.28. The molecule has 0 saturated carbocycles. The van der Waals surface area contributed by atoms with Crippen LogP contribution in [0.2, 0.25) is 5.02 Å². The lowest BCUT2D eigenvalue weighted by Crippen LogP contribution is -2.19. The van der Waals surface area contributed by atoms with Gasteiger partial charge in [-0.3, -0.25) is 9.48 Å². The zero-order valence-electron chi connectivity index (χ0n) is 11.4. The number of anilines is 1. The van der Waals surface area contributed by atoms with Crippen molar-refractivity contribution < 1.29 is 28.2 Å². The molecule has 10 heteroatoms. The van der Waals surface area contributed by atoms with Gasteiger partial charge in [-0.05, 0) is 24.3 Å². The standard InChI is InChI=1S/C13H10ClF2N3O4/c14-8-5-7(1-2-10(8)23-13(15)16)17-11(20)6-19-4-3-9(18-19)12(21)22/h1-5,13H,6H2,(H,17,20)(H,21,22). The summed E-state index contributed by atoms with van der Waals surface area (Å²) in [5.74, 6) is -1.91. The van der Waals surface area contributed by atoms with E-state index in [0.717, 1.165) is 4.68 Å². The van der Waals surface area contributed by atoms with Crippen LogP contribution in [0.15, 0.2) is 30.5 Å². The van der Waals surface area contributed by atoms with Gasteiger partial charge in [-0.15, -0.1) is 0 Å². The number of carboxylic acids is 1. The molecule has 0 atom stereocenters. The number of nitrogens with one attached hydrogen (secondary N) is 1. The van der Waals surface area contributed by atoms with Crippen LogP contribution < -0.4 is 10.1 Å². The third-order valence-electron chi connectivity index (χ3n) is 2.60. The Kier molecular flexibility index (Phi) is 5.12. The van der Waals surface area contributed by atoms with Crippen molar-refractivity contribution in [1.82, 2.24) is 9.78 Å². The minimum atomic E-state index is -3.00. The molecular weight excluding hydrogens is 336 g/mol. The van der Waals surface area contributed by atoms with E-state index in [1.807, 2.05) is 0 Å². The Balaban J connectivity index is 1.99. The Morgan fingerprint density at radius 1 is 1.39 bits per heavy atom. The summed E-state index contributed by atoms with van der Waals surface area (Å²) >= 11 is 5.76. The molecule has 0 aliphatic rings. The Bertz CT molecular complexity index is 736. The molecule has 2 aromatic rings. The predicted molar refractivity (Wildman–Crippen MR) is 75.9 cm³/mol.